The van der Waals surface area contributed by atoms with E-state index in [-0.39, 0.29) is 5.91 Å². The molecule has 0 spiro atoms. The fourth-order valence-corrected chi connectivity index (χ4v) is 1.04. The van der Waals surface area contributed by atoms with Gasteiger partial charge in [0.2, 0.25) is 0 Å². The molecule has 3 nitrogen and oxygen atoms in total. The van der Waals surface area contributed by atoms with Crippen molar-refractivity contribution in [3.8, 4) is 0 Å². The molecule has 0 unspecified atom stereocenters. The SMILES string of the molecule is CCCNNC(=O)c1ccc(C)cc1. The molecule has 14 heavy (non-hydrogen) atoms. The van der Waals surface area contributed by atoms with E-state index in [2.05, 4.69) is 10.9 Å². The van der Waals surface area contributed by atoms with Gasteiger partial charge in [0.25, 0.3) is 5.91 Å². The van der Waals surface area contributed by atoms with Crippen molar-refractivity contribution in [2.45, 2.75) is 20.3 Å². The molecule has 3 heteroatoms. The molecule has 0 heterocycles. The minimum Gasteiger partial charge on any atom is -0.287 e. The van der Waals surface area contributed by atoms with Gasteiger partial charge in [0.1, 0.15) is 0 Å². The van der Waals surface area contributed by atoms with Gasteiger partial charge in [0.15, 0.2) is 0 Å². The molecule has 76 valence electrons. The van der Waals surface area contributed by atoms with Crippen molar-refractivity contribution < 1.29 is 4.79 Å². The number of hydrazine groups is 1. The van der Waals surface area contributed by atoms with E-state index in [1.165, 1.54) is 0 Å². The third-order valence-corrected chi connectivity index (χ3v) is 1.89. The summed E-state index contributed by atoms with van der Waals surface area (Å²) >= 11 is 0. The molecule has 1 aromatic carbocycles. The Hall–Kier alpha value is -1.35. The molecule has 1 amide bonds. The number of aryl methyl sites for hydroxylation is 1. The summed E-state index contributed by atoms with van der Waals surface area (Å²) in [6.07, 6.45) is 0.994. The van der Waals surface area contributed by atoms with Crippen molar-refractivity contribution in [3.05, 3.63) is 35.4 Å². The van der Waals surface area contributed by atoms with Crippen molar-refractivity contribution >= 4 is 5.91 Å². The predicted molar refractivity (Wildman–Crippen MR) is 56.9 cm³/mol. The third-order valence-electron chi connectivity index (χ3n) is 1.89. The maximum Gasteiger partial charge on any atom is 0.265 e. The van der Waals surface area contributed by atoms with Crippen LogP contribution in [0.2, 0.25) is 0 Å². The minimum absolute atomic E-state index is 0.0848. The van der Waals surface area contributed by atoms with E-state index in [4.69, 9.17) is 0 Å². The third kappa shape index (κ3) is 3.18. The van der Waals surface area contributed by atoms with Gasteiger partial charge in [-0.1, -0.05) is 24.6 Å². The molecule has 0 aliphatic rings. The van der Waals surface area contributed by atoms with Crippen LogP contribution in [0.1, 0.15) is 29.3 Å². The molecule has 0 fully saturated rings. The summed E-state index contributed by atoms with van der Waals surface area (Å²) in [6.45, 7) is 4.83. The highest BCUT2D eigenvalue weighted by molar-refractivity contribution is 5.93. The Kier molecular flexibility index (Phi) is 4.13. The second-order valence-corrected chi connectivity index (χ2v) is 3.25. The van der Waals surface area contributed by atoms with Gasteiger partial charge in [-0.25, -0.2) is 5.43 Å². The number of amides is 1. The van der Waals surface area contributed by atoms with E-state index >= 15 is 0 Å². The van der Waals surface area contributed by atoms with E-state index in [9.17, 15) is 4.79 Å². The molecule has 0 aromatic heterocycles. The Balaban J connectivity index is 2.48. The maximum absolute atomic E-state index is 11.5. The first-order chi connectivity index (χ1) is 6.74. The van der Waals surface area contributed by atoms with E-state index in [1.807, 2.05) is 38.1 Å². The predicted octanol–water partition coefficient (Wildman–Crippen LogP) is 1.64. The fraction of sp³-hybridized carbons (Fsp3) is 0.364. The van der Waals surface area contributed by atoms with Crippen LogP contribution in [0.25, 0.3) is 0 Å². The van der Waals surface area contributed by atoms with Crippen molar-refractivity contribution in [1.29, 1.82) is 0 Å². The van der Waals surface area contributed by atoms with Gasteiger partial charge < -0.3 is 0 Å². The Bertz CT molecular complexity index is 293. The number of hydrogen-bond donors (Lipinski definition) is 2. The topological polar surface area (TPSA) is 41.1 Å². The number of nitrogens with one attached hydrogen (secondary N) is 2. The Morgan fingerprint density at radius 2 is 1.93 bits per heavy atom. The van der Waals surface area contributed by atoms with Gasteiger partial charge in [0, 0.05) is 12.1 Å². The quantitative estimate of drug-likeness (QED) is 0.562. The van der Waals surface area contributed by atoms with Gasteiger partial charge in [-0.3, -0.25) is 10.2 Å². The highest BCUT2D eigenvalue weighted by Gasteiger charge is 2.02. The van der Waals surface area contributed by atoms with E-state index < -0.39 is 0 Å². The molecule has 0 saturated carbocycles. The van der Waals surface area contributed by atoms with Gasteiger partial charge in [-0.15, -0.1) is 0 Å². The lowest BCUT2D eigenvalue weighted by atomic mass is 10.1. The number of hydrogen-bond acceptors (Lipinski definition) is 2. The summed E-state index contributed by atoms with van der Waals surface area (Å²) in [6, 6.07) is 7.49. The monoisotopic (exact) mass is 192 g/mol. The van der Waals surface area contributed by atoms with Crippen LogP contribution in [-0.4, -0.2) is 12.5 Å². The number of benzene rings is 1. The zero-order valence-electron chi connectivity index (χ0n) is 8.63. The second-order valence-electron chi connectivity index (χ2n) is 3.25. The molecular weight excluding hydrogens is 176 g/mol. The molecule has 0 radical (unpaired) electrons. The van der Waals surface area contributed by atoms with Gasteiger partial charge in [0.05, 0.1) is 0 Å². The van der Waals surface area contributed by atoms with E-state index in [0.717, 1.165) is 18.5 Å². The van der Waals surface area contributed by atoms with Crippen molar-refractivity contribution in [2.75, 3.05) is 6.54 Å². The maximum atomic E-state index is 11.5. The van der Waals surface area contributed by atoms with Gasteiger partial charge in [-0.05, 0) is 25.5 Å². The van der Waals surface area contributed by atoms with Crippen LogP contribution in [0, 0.1) is 6.92 Å². The average molecular weight is 192 g/mol. The lowest BCUT2D eigenvalue weighted by Crippen LogP contribution is -2.37. The summed E-state index contributed by atoms with van der Waals surface area (Å²) in [5.41, 5.74) is 7.31. The lowest BCUT2D eigenvalue weighted by Gasteiger charge is -2.05. The number of carbonyl (C=O) groups excluding carboxylic acids is 1. The summed E-state index contributed by atoms with van der Waals surface area (Å²) in [5.74, 6) is -0.0848. The molecule has 0 saturated heterocycles. The molecule has 0 aliphatic heterocycles. The van der Waals surface area contributed by atoms with E-state index in [0.29, 0.717) is 5.56 Å². The number of rotatable bonds is 4. The largest absolute Gasteiger partial charge is 0.287 e. The average Bonchev–Trinajstić information content (AvgIpc) is 2.19. The van der Waals surface area contributed by atoms with Crippen LogP contribution < -0.4 is 10.9 Å². The molecule has 0 bridgehead atoms. The Morgan fingerprint density at radius 1 is 1.29 bits per heavy atom. The zero-order chi connectivity index (χ0) is 10.4. The highest BCUT2D eigenvalue weighted by atomic mass is 16.2. The fourth-order valence-electron chi connectivity index (χ4n) is 1.04. The molecular formula is C11H16N2O. The van der Waals surface area contributed by atoms with E-state index in [1.54, 1.807) is 0 Å². The summed E-state index contributed by atoms with van der Waals surface area (Å²) in [7, 11) is 0. The Labute approximate surface area is 84.5 Å². The van der Waals surface area contributed by atoms with Crippen LogP contribution in [-0.2, 0) is 0 Å². The molecule has 1 rings (SSSR count). The minimum atomic E-state index is -0.0848. The summed E-state index contributed by atoms with van der Waals surface area (Å²) < 4.78 is 0. The van der Waals surface area contributed by atoms with Crippen LogP contribution in [0.3, 0.4) is 0 Å². The molecule has 0 atom stereocenters. The smallest absolute Gasteiger partial charge is 0.265 e. The van der Waals surface area contributed by atoms with Crippen LogP contribution in [0.15, 0.2) is 24.3 Å². The highest BCUT2D eigenvalue weighted by Crippen LogP contribution is 2.01. The molecule has 1 aromatic rings. The zero-order valence-corrected chi connectivity index (χ0v) is 8.63. The van der Waals surface area contributed by atoms with Gasteiger partial charge in [-0.2, -0.15) is 0 Å². The molecule has 2 N–H and O–H groups in total. The first-order valence-electron chi connectivity index (χ1n) is 4.84. The van der Waals surface area contributed by atoms with Crippen LogP contribution in [0.4, 0.5) is 0 Å². The standard InChI is InChI=1S/C11H16N2O/c1-3-8-12-13-11(14)10-6-4-9(2)5-7-10/h4-7,12H,3,8H2,1-2H3,(H,13,14). The normalized spacial score (nSPS) is 9.86. The van der Waals surface area contributed by atoms with Crippen LogP contribution >= 0.6 is 0 Å². The summed E-state index contributed by atoms with van der Waals surface area (Å²) in [4.78, 5) is 11.5. The van der Waals surface area contributed by atoms with Crippen molar-refractivity contribution in [3.63, 3.8) is 0 Å². The lowest BCUT2D eigenvalue weighted by molar-refractivity contribution is 0.0933. The van der Waals surface area contributed by atoms with Crippen molar-refractivity contribution in [1.82, 2.24) is 10.9 Å². The van der Waals surface area contributed by atoms with Crippen LogP contribution in [0.5, 0.6) is 0 Å². The van der Waals surface area contributed by atoms with Gasteiger partial charge >= 0.3 is 0 Å². The first-order valence-corrected chi connectivity index (χ1v) is 4.84. The van der Waals surface area contributed by atoms with Crippen molar-refractivity contribution in [2.24, 2.45) is 0 Å². The second kappa shape index (κ2) is 5.40. The first kappa shape index (κ1) is 10.7. The number of carbonyl (C=O) groups is 1. The molecule has 0 aliphatic carbocycles. The Morgan fingerprint density at radius 3 is 2.50 bits per heavy atom. The summed E-state index contributed by atoms with van der Waals surface area (Å²) in [5, 5.41) is 0.